The fraction of sp³-hybridized carbons (Fsp3) is 1.00. The number of hydrogen-bond donors (Lipinski definition) is 1. The molecule has 0 aromatic carbocycles. The van der Waals surface area contributed by atoms with Gasteiger partial charge in [-0.25, -0.2) is 0 Å². The summed E-state index contributed by atoms with van der Waals surface area (Å²) in [6.45, 7) is 14.8. The summed E-state index contributed by atoms with van der Waals surface area (Å²) in [7, 11) is 0. The average molecular weight is 519 g/mol. The van der Waals surface area contributed by atoms with E-state index >= 15 is 0 Å². The number of nitrogens with zero attached hydrogens (tertiary/aromatic N) is 1. The summed E-state index contributed by atoms with van der Waals surface area (Å²) < 4.78 is 0. The molecule has 1 heterocycles. The van der Waals surface area contributed by atoms with Gasteiger partial charge in [0.1, 0.15) is 0 Å². The maximum Gasteiger partial charge on any atom is 0.00670 e. The molecule has 220 valence electrons. The quantitative estimate of drug-likeness (QED) is 0.128. The number of nitrogens with one attached hydrogen (secondary N) is 1. The summed E-state index contributed by atoms with van der Waals surface area (Å²) in [5.74, 6) is 1.97. The molecule has 2 fully saturated rings. The van der Waals surface area contributed by atoms with Crippen LogP contribution in [-0.4, -0.2) is 37.1 Å². The van der Waals surface area contributed by atoms with Crippen LogP contribution in [0, 0.1) is 17.3 Å². The van der Waals surface area contributed by atoms with Crippen molar-refractivity contribution in [1.29, 1.82) is 0 Å². The van der Waals surface area contributed by atoms with Gasteiger partial charge in [0, 0.05) is 12.6 Å². The lowest BCUT2D eigenvalue weighted by atomic mass is 9.57. The van der Waals surface area contributed by atoms with Crippen molar-refractivity contribution in [1.82, 2.24) is 10.2 Å². The van der Waals surface area contributed by atoms with E-state index in [2.05, 4.69) is 37.9 Å². The highest BCUT2D eigenvalue weighted by Gasteiger charge is 2.45. The van der Waals surface area contributed by atoms with Crippen LogP contribution in [0.4, 0.5) is 0 Å². The van der Waals surface area contributed by atoms with Crippen LogP contribution in [0.5, 0.6) is 0 Å². The highest BCUT2D eigenvalue weighted by molar-refractivity contribution is 4.97. The van der Waals surface area contributed by atoms with Crippen molar-refractivity contribution in [3.63, 3.8) is 0 Å². The molecule has 2 aliphatic rings. The standard InChI is InChI=1S/C35H70N2/c1-5-9-13-15-18-22-34(21-16-11-7-3)36-26-23-33-29-35(30-33)24-27-37(28-25-35)31-32(19-12-8-4)20-17-14-10-6-2/h32-34,36H,5-31H2,1-4H3. The molecule has 1 N–H and O–H groups in total. The second-order valence-corrected chi connectivity index (χ2v) is 13.6. The molecular weight excluding hydrogens is 448 g/mol. The highest BCUT2D eigenvalue weighted by Crippen LogP contribution is 2.53. The van der Waals surface area contributed by atoms with E-state index in [9.17, 15) is 0 Å². The first-order valence-corrected chi connectivity index (χ1v) is 17.6. The zero-order chi connectivity index (χ0) is 26.6. The van der Waals surface area contributed by atoms with Crippen LogP contribution in [0.3, 0.4) is 0 Å². The Kier molecular flexibility index (Phi) is 18.6. The summed E-state index contributed by atoms with van der Waals surface area (Å²) in [6, 6.07) is 0.785. The fourth-order valence-corrected chi connectivity index (χ4v) is 7.51. The Bertz CT molecular complexity index is 501. The first-order valence-electron chi connectivity index (χ1n) is 17.6. The van der Waals surface area contributed by atoms with E-state index in [1.165, 1.54) is 174 Å². The number of hydrogen-bond acceptors (Lipinski definition) is 2. The molecule has 0 aromatic rings. The smallest absolute Gasteiger partial charge is 0.00670 e. The molecular formula is C35H70N2. The molecule has 2 heteroatoms. The van der Waals surface area contributed by atoms with Gasteiger partial charge in [0.15, 0.2) is 0 Å². The van der Waals surface area contributed by atoms with Crippen molar-refractivity contribution in [2.24, 2.45) is 17.3 Å². The van der Waals surface area contributed by atoms with Crippen molar-refractivity contribution in [2.45, 2.75) is 181 Å². The van der Waals surface area contributed by atoms with Crippen molar-refractivity contribution in [3.05, 3.63) is 0 Å². The van der Waals surface area contributed by atoms with Gasteiger partial charge in [0.2, 0.25) is 0 Å². The average Bonchev–Trinajstić information content (AvgIpc) is 2.89. The Morgan fingerprint density at radius 1 is 0.649 bits per heavy atom. The van der Waals surface area contributed by atoms with Crippen LogP contribution in [0.2, 0.25) is 0 Å². The van der Waals surface area contributed by atoms with Gasteiger partial charge < -0.3 is 10.2 Å². The lowest BCUT2D eigenvalue weighted by molar-refractivity contribution is -0.0199. The minimum Gasteiger partial charge on any atom is -0.314 e. The molecule has 2 atom stereocenters. The third-order valence-corrected chi connectivity index (χ3v) is 10.1. The molecule has 37 heavy (non-hydrogen) atoms. The molecule has 1 saturated carbocycles. The lowest BCUT2D eigenvalue weighted by Crippen LogP contribution is -2.48. The monoisotopic (exact) mass is 519 g/mol. The Balaban J connectivity index is 1.61. The van der Waals surface area contributed by atoms with Crippen LogP contribution in [0.15, 0.2) is 0 Å². The van der Waals surface area contributed by atoms with E-state index in [-0.39, 0.29) is 0 Å². The van der Waals surface area contributed by atoms with Gasteiger partial charge in [-0.2, -0.15) is 0 Å². The minimum atomic E-state index is 0.737. The fourth-order valence-electron chi connectivity index (χ4n) is 7.51. The van der Waals surface area contributed by atoms with E-state index in [1.54, 1.807) is 0 Å². The SMILES string of the molecule is CCCCCCCC(CCCCC)NCCC1CC2(CCN(CC(CCCC)CCCCCC)CC2)C1. The molecule has 1 aliphatic heterocycles. The van der Waals surface area contributed by atoms with E-state index < -0.39 is 0 Å². The van der Waals surface area contributed by atoms with Crippen LogP contribution in [0.25, 0.3) is 0 Å². The second-order valence-electron chi connectivity index (χ2n) is 13.6. The van der Waals surface area contributed by atoms with E-state index in [0.29, 0.717) is 0 Å². The molecule has 2 rings (SSSR count). The van der Waals surface area contributed by atoms with E-state index in [4.69, 9.17) is 0 Å². The van der Waals surface area contributed by atoms with Gasteiger partial charge in [-0.1, -0.05) is 118 Å². The predicted octanol–water partition coefficient (Wildman–Crippen LogP) is 10.5. The molecule has 2 nitrogen and oxygen atoms in total. The number of likely N-dealkylation sites (tertiary alicyclic amines) is 1. The lowest BCUT2D eigenvalue weighted by Gasteiger charge is -2.53. The Hall–Kier alpha value is -0.0800. The topological polar surface area (TPSA) is 15.3 Å². The van der Waals surface area contributed by atoms with Gasteiger partial charge >= 0.3 is 0 Å². The normalized spacial score (nSPS) is 19.8. The first-order chi connectivity index (χ1) is 18.1. The van der Waals surface area contributed by atoms with Crippen LogP contribution in [0.1, 0.15) is 175 Å². The summed E-state index contributed by atoms with van der Waals surface area (Å²) in [4.78, 5) is 2.86. The van der Waals surface area contributed by atoms with Gasteiger partial charge in [0.05, 0.1) is 0 Å². The zero-order valence-electron chi connectivity index (χ0n) is 26.3. The predicted molar refractivity (Wildman–Crippen MR) is 167 cm³/mol. The molecule has 0 bridgehead atoms. The summed E-state index contributed by atoms with van der Waals surface area (Å²) in [5, 5.41) is 4.02. The molecule has 0 amide bonds. The largest absolute Gasteiger partial charge is 0.314 e. The van der Waals surface area contributed by atoms with Crippen molar-refractivity contribution >= 4 is 0 Å². The second kappa shape index (κ2) is 20.8. The van der Waals surface area contributed by atoms with Gasteiger partial charge in [0.25, 0.3) is 0 Å². The molecule has 1 spiro atoms. The van der Waals surface area contributed by atoms with Crippen molar-refractivity contribution in [3.8, 4) is 0 Å². The molecule has 0 aromatic heterocycles. The Morgan fingerprint density at radius 3 is 1.81 bits per heavy atom. The van der Waals surface area contributed by atoms with E-state index in [1.807, 2.05) is 0 Å². The summed E-state index contributed by atoms with van der Waals surface area (Å²) >= 11 is 0. The number of piperidine rings is 1. The third-order valence-electron chi connectivity index (χ3n) is 10.1. The van der Waals surface area contributed by atoms with Gasteiger partial charge in [-0.15, -0.1) is 0 Å². The van der Waals surface area contributed by atoms with Crippen molar-refractivity contribution in [2.75, 3.05) is 26.2 Å². The first kappa shape index (κ1) is 33.1. The van der Waals surface area contributed by atoms with Crippen LogP contribution < -0.4 is 5.32 Å². The van der Waals surface area contributed by atoms with E-state index in [0.717, 1.165) is 23.3 Å². The van der Waals surface area contributed by atoms with Crippen LogP contribution in [-0.2, 0) is 0 Å². The molecule has 0 radical (unpaired) electrons. The minimum absolute atomic E-state index is 0.737. The van der Waals surface area contributed by atoms with Crippen LogP contribution >= 0.6 is 0 Å². The number of unbranched alkanes of at least 4 members (excludes halogenated alkanes) is 10. The Labute approximate surface area is 234 Å². The molecule has 1 aliphatic carbocycles. The molecule has 1 saturated heterocycles. The van der Waals surface area contributed by atoms with Crippen molar-refractivity contribution < 1.29 is 0 Å². The summed E-state index contributed by atoms with van der Waals surface area (Å²) in [6.07, 6.45) is 33.1. The summed E-state index contributed by atoms with van der Waals surface area (Å²) in [5.41, 5.74) is 0.737. The highest BCUT2D eigenvalue weighted by atomic mass is 15.1. The third kappa shape index (κ3) is 14.2. The maximum absolute atomic E-state index is 4.02. The van der Waals surface area contributed by atoms with Gasteiger partial charge in [-0.05, 0) is 94.7 Å². The maximum atomic E-state index is 4.02. The number of rotatable bonds is 24. The molecule has 2 unspecified atom stereocenters. The zero-order valence-corrected chi connectivity index (χ0v) is 26.3. The Morgan fingerprint density at radius 2 is 1.16 bits per heavy atom. The van der Waals surface area contributed by atoms with Gasteiger partial charge in [-0.3, -0.25) is 0 Å².